The average Bonchev–Trinajstić information content (AvgIpc) is 3.63. The van der Waals surface area contributed by atoms with Gasteiger partial charge >= 0.3 is 0 Å². The van der Waals surface area contributed by atoms with Crippen molar-refractivity contribution in [1.82, 2.24) is 19.8 Å². The standard InChI is InChI=1S/C20H18N6O4S6/c27-11(23-17-21-5-9-33-17)3-1-7-25-15(29)13(35-19(25)31)14-16(30)26(20(32)36-14)8-2-4-12(28)24-18-22-6-10-34-18/h5-6,9-10H,1-4,7-8H2,(H,21,23,27)(H,22,24,28). The largest absolute Gasteiger partial charge is 0.302 e. The molecule has 0 radical (unpaired) electrons. The third-order valence-corrected chi connectivity index (χ3v) is 9.24. The fourth-order valence-electron chi connectivity index (χ4n) is 3.19. The van der Waals surface area contributed by atoms with Crippen molar-refractivity contribution in [1.29, 1.82) is 0 Å². The Morgan fingerprint density at radius 1 is 0.778 bits per heavy atom. The number of carbonyl (C=O) groups is 4. The molecule has 4 amide bonds. The minimum absolute atomic E-state index is 0.198. The van der Waals surface area contributed by atoms with Gasteiger partial charge in [-0.15, -0.1) is 22.7 Å². The van der Waals surface area contributed by atoms with Crippen LogP contribution in [0.2, 0.25) is 0 Å². The van der Waals surface area contributed by atoms with Gasteiger partial charge in [0, 0.05) is 49.1 Å². The normalized spacial score (nSPS) is 17.9. The van der Waals surface area contributed by atoms with Gasteiger partial charge in [0.2, 0.25) is 11.8 Å². The molecule has 188 valence electrons. The lowest BCUT2D eigenvalue weighted by molar-refractivity contribution is -0.124. The maximum atomic E-state index is 13.0. The van der Waals surface area contributed by atoms with Gasteiger partial charge < -0.3 is 10.6 Å². The van der Waals surface area contributed by atoms with Crippen LogP contribution in [0.15, 0.2) is 33.0 Å². The van der Waals surface area contributed by atoms with Crippen LogP contribution in [0.25, 0.3) is 0 Å². The zero-order valence-electron chi connectivity index (χ0n) is 18.4. The Morgan fingerprint density at radius 2 is 1.19 bits per heavy atom. The van der Waals surface area contributed by atoms with Gasteiger partial charge in [-0.2, -0.15) is 0 Å². The number of hydrogen-bond acceptors (Lipinski definition) is 12. The number of nitrogens with zero attached hydrogens (tertiary/aromatic N) is 4. The molecule has 2 aromatic rings. The summed E-state index contributed by atoms with van der Waals surface area (Å²) >= 11 is 15.5. The van der Waals surface area contributed by atoms with Gasteiger partial charge in [-0.25, -0.2) is 9.97 Å². The summed E-state index contributed by atoms with van der Waals surface area (Å²) in [5.74, 6) is -1.13. The minimum Gasteiger partial charge on any atom is -0.302 e. The van der Waals surface area contributed by atoms with Crippen molar-refractivity contribution in [3.05, 3.63) is 33.0 Å². The Balaban J connectivity index is 1.28. The van der Waals surface area contributed by atoms with E-state index in [1.165, 1.54) is 32.5 Å². The Morgan fingerprint density at radius 3 is 1.56 bits per heavy atom. The van der Waals surface area contributed by atoms with Crippen LogP contribution in [-0.4, -0.2) is 65.1 Å². The SMILES string of the molecule is O=C(CCCN1C(=O)C(=C2SC(=S)N(CCCC(=O)Nc3nccs3)C2=O)SC1=S)Nc1nccs1. The van der Waals surface area contributed by atoms with Crippen molar-refractivity contribution in [3.8, 4) is 0 Å². The Bertz CT molecular complexity index is 1140. The zero-order valence-corrected chi connectivity index (χ0v) is 23.3. The van der Waals surface area contributed by atoms with Crippen LogP contribution < -0.4 is 10.6 Å². The topological polar surface area (TPSA) is 125 Å². The molecule has 2 fully saturated rings. The first kappa shape index (κ1) is 26.8. The zero-order chi connectivity index (χ0) is 25.7. The van der Waals surface area contributed by atoms with E-state index in [1.807, 2.05) is 0 Å². The van der Waals surface area contributed by atoms with Crippen molar-refractivity contribution < 1.29 is 19.2 Å². The molecule has 36 heavy (non-hydrogen) atoms. The molecule has 0 spiro atoms. The Hall–Kier alpha value is -2.24. The third kappa shape index (κ3) is 6.54. The van der Waals surface area contributed by atoms with Crippen molar-refractivity contribution in [3.63, 3.8) is 0 Å². The first-order valence-corrected chi connectivity index (χ1v) is 14.7. The number of thiocarbonyl (C=S) groups is 2. The van der Waals surface area contributed by atoms with Crippen molar-refractivity contribution >= 4 is 113 Å². The van der Waals surface area contributed by atoms with E-state index >= 15 is 0 Å². The molecule has 2 aliphatic rings. The lowest BCUT2D eigenvalue weighted by atomic mass is 10.2. The van der Waals surface area contributed by atoms with Crippen LogP contribution in [-0.2, 0) is 19.2 Å². The highest BCUT2D eigenvalue weighted by molar-refractivity contribution is 8.29. The molecule has 2 N–H and O–H groups in total. The molecule has 2 aliphatic heterocycles. The molecule has 0 aromatic carbocycles. The van der Waals surface area contributed by atoms with E-state index in [0.29, 0.717) is 31.7 Å². The number of aromatic nitrogens is 2. The molecule has 2 saturated heterocycles. The van der Waals surface area contributed by atoms with Crippen LogP contribution in [0.4, 0.5) is 10.3 Å². The quantitative estimate of drug-likeness (QED) is 0.309. The van der Waals surface area contributed by atoms with Crippen LogP contribution in [0.3, 0.4) is 0 Å². The van der Waals surface area contributed by atoms with E-state index in [0.717, 1.165) is 23.5 Å². The first-order valence-electron chi connectivity index (χ1n) is 10.5. The molecule has 4 rings (SSSR count). The number of anilines is 2. The maximum absolute atomic E-state index is 13.0. The molecular weight excluding hydrogens is 581 g/mol. The van der Waals surface area contributed by atoms with Gasteiger partial charge in [0.25, 0.3) is 11.8 Å². The summed E-state index contributed by atoms with van der Waals surface area (Å²) in [4.78, 5) is 61.4. The summed E-state index contributed by atoms with van der Waals surface area (Å²) in [5, 5.41) is 9.96. The highest BCUT2D eigenvalue weighted by atomic mass is 32.2. The fraction of sp³-hybridized carbons (Fsp3) is 0.300. The van der Waals surface area contributed by atoms with E-state index in [9.17, 15) is 19.2 Å². The second-order valence-corrected chi connectivity index (χ2v) is 12.4. The minimum atomic E-state index is -0.367. The van der Waals surface area contributed by atoms with E-state index in [1.54, 1.807) is 23.2 Å². The molecule has 0 atom stereocenters. The second-order valence-electron chi connectivity index (χ2n) is 7.29. The molecular formula is C20H18N6O4S6. The smallest absolute Gasteiger partial charge is 0.267 e. The van der Waals surface area contributed by atoms with Gasteiger partial charge in [-0.3, -0.25) is 29.0 Å². The summed E-state index contributed by atoms with van der Waals surface area (Å²) < 4.78 is 0.666. The fourth-order valence-corrected chi connectivity index (χ4v) is 7.05. The number of amides is 4. The molecule has 10 nitrogen and oxygen atoms in total. The van der Waals surface area contributed by atoms with E-state index < -0.39 is 0 Å². The molecule has 0 saturated carbocycles. The molecule has 0 aliphatic carbocycles. The van der Waals surface area contributed by atoms with Crippen molar-refractivity contribution in [2.24, 2.45) is 0 Å². The van der Waals surface area contributed by atoms with Gasteiger partial charge in [-0.1, -0.05) is 48.0 Å². The summed E-state index contributed by atoms with van der Waals surface area (Å²) in [5.41, 5.74) is 0. The second kappa shape index (κ2) is 12.3. The predicted molar refractivity (Wildman–Crippen MR) is 151 cm³/mol. The van der Waals surface area contributed by atoms with Gasteiger partial charge in [0.1, 0.15) is 8.64 Å². The number of nitrogens with one attached hydrogen (secondary N) is 2. The van der Waals surface area contributed by atoms with Crippen LogP contribution in [0.1, 0.15) is 25.7 Å². The van der Waals surface area contributed by atoms with Crippen LogP contribution in [0, 0.1) is 0 Å². The monoisotopic (exact) mass is 598 g/mol. The molecule has 16 heteroatoms. The van der Waals surface area contributed by atoms with Crippen LogP contribution in [0.5, 0.6) is 0 Å². The lowest BCUT2D eigenvalue weighted by Crippen LogP contribution is -2.31. The van der Waals surface area contributed by atoms with E-state index in [-0.39, 0.29) is 59.4 Å². The van der Waals surface area contributed by atoms with Gasteiger partial charge in [0.05, 0.1) is 9.81 Å². The average molecular weight is 599 g/mol. The van der Waals surface area contributed by atoms with E-state index in [4.69, 9.17) is 24.4 Å². The molecule has 0 unspecified atom stereocenters. The summed E-state index contributed by atoms with van der Waals surface area (Å²) in [6.45, 7) is 0.516. The number of carbonyl (C=O) groups excluding carboxylic acids is 4. The third-order valence-electron chi connectivity index (χ3n) is 4.83. The van der Waals surface area contributed by atoms with E-state index in [2.05, 4.69) is 20.6 Å². The van der Waals surface area contributed by atoms with Crippen molar-refractivity contribution in [2.75, 3.05) is 23.7 Å². The molecule has 2 aromatic heterocycles. The Labute approximate surface area is 233 Å². The lowest BCUT2D eigenvalue weighted by Gasteiger charge is -2.14. The predicted octanol–water partition coefficient (Wildman–Crippen LogP) is 3.67. The van der Waals surface area contributed by atoms with Gasteiger partial charge in [0.15, 0.2) is 10.3 Å². The van der Waals surface area contributed by atoms with Gasteiger partial charge in [-0.05, 0) is 12.8 Å². The highest BCUT2D eigenvalue weighted by Gasteiger charge is 2.41. The van der Waals surface area contributed by atoms with Crippen molar-refractivity contribution in [2.45, 2.75) is 25.7 Å². The maximum Gasteiger partial charge on any atom is 0.267 e. The molecule has 0 bridgehead atoms. The number of hydrogen-bond donors (Lipinski definition) is 2. The first-order chi connectivity index (χ1) is 17.3. The number of thioether (sulfide) groups is 2. The summed E-state index contributed by atoms with van der Waals surface area (Å²) in [6, 6.07) is 0. The Kier molecular flexibility index (Phi) is 9.19. The summed E-state index contributed by atoms with van der Waals surface area (Å²) in [7, 11) is 0. The summed E-state index contributed by atoms with van der Waals surface area (Å²) in [6.07, 6.45) is 4.41. The number of thiazole rings is 2. The highest BCUT2D eigenvalue weighted by Crippen LogP contribution is 2.42. The molecule has 4 heterocycles. The van der Waals surface area contributed by atoms with Crippen LogP contribution >= 0.6 is 70.6 Å². The number of rotatable bonds is 10.